The van der Waals surface area contributed by atoms with Gasteiger partial charge >= 0.3 is 0 Å². The van der Waals surface area contributed by atoms with Crippen LogP contribution in [0.15, 0.2) is 24.3 Å². The molecule has 0 aliphatic carbocycles. The van der Waals surface area contributed by atoms with E-state index in [9.17, 15) is 9.18 Å². The third-order valence-corrected chi connectivity index (χ3v) is 4.16. The Hall–Kier alpha value is -1.90. The van der Waals surface area contributed by atoms with Crippen LogP contribution < -0.4 is 5.32 Å². The second kappa shape index (κ2) is 8.66. The molecule has 0 bridgehead atoms. The van der Waals surface area contributed by atoms with E-state index < -0.39 is 0 Å². The quantitative estimate of drug-likeness (QED) is 0.761. The fourth-order valence-corrected chi connectivity index (χ4v) is 2.75. The number of carbonyl (C=O) groups excluding carboxylic acids is 1. The van der Waals surface area contributed by atoms with E-state index in [1.165, 1.54) is 23.5 Å². The van der Waals surface area contributed by atoms with Crippen LogP contribution in [-0.4, -0.2) is 45.8 Å². The first-order valence-electron chi connectivity index (χ1n) is 7.30. The monoisotopic (exact) mass is 338 g/mol. The third kappa shape index (κ3) is 5.34. The summed E-state index contributed by atoms with van der Waals surface area (Å²) in [4.78, 5) is 14.1. The summed E-state index contributed by atoms with van der Waals surface area (Å²) < 4.78 is 12.8. The molecule has 2 N–H and O–H groups in total. The number of likely N-dealkylation sites (N-methyl/N-ethyl adjacent to an activating group) is 1. The molecule has 1 aromatic carbocycles. The van der Waals surface area contributed by atoms with Gasteiger partial charge in [0.1, 0.15) is 10.8 Å². The summed E-state index contributed by atoms with van der Waals surface area (Å²) in [5.74, 6) is -0.611. The van der Waals surface area contributed by atoms with Crippen molar-refractivity contribution in [2.24, 2.45) is 0 Å². The molecule has 8 heteroatoms. The number of nitrogens with one attached hydrogen (secondary N) is 1. The van der Waals surface area contributed by atoms with Crippen molar-refractivity contribution in [2.75, 3.05) is 19.7 Å². The van der Waals surface area contributed by atoms with Crippen molar-refractivity contribution in [3.8, 4) is 0 Å². The maximum absolute atomic E-state index is 12.8. The predicted molar refractivity (Wildman–Crippen MR) is 85.5 cm³/mol. The van der Waals surface area contributed by atoms with Crippen LogP contribution in [0.5, 0.6) is 0 Å². The van der Waals surface area contributed by atoms with E-state index in [0.717, 1.165) is 17.1 Å². The molecular formula is C15H19FN4O2S. The number of aliphatic hydroxyl groups excluding tert-OH is 1. The van der Waals surface area contributed by atoms with Crippen LogP contribution in [-0.2, 0) is 13.1 Å². The van der Waals surface area contributed by atoms with E-state index in [1.807, 2.05) is 11.8 Å². The number of benzene rings is 1. The van der Waals surface area contributed by atoms with Crippen LogP contribution in [0, 0.1) is 5.82 Å². The molecule has 2 rings (SSSR count). The number of aliphatic hydroxyl groups is 1. The SMILES string of the molecule is CCN(CCO)Cc1nnc(C(=O)NCc2ccc(F)cc2)s1. The van der Waals surface area contributed by atoms with E-state index in [0.29, 0.717) is 24.6 Å². The van der Waals surface area contributed by atoms with Crippen LogP contribution in [0.3, 0.4) is 0 Å². The van der Waals surface area contributed by atoms with Crippen molar-refractivity contribution in [3.63, 3.8) is 0 Å². The molecule has 23 heavy (non-hydrogen) atoms. The summed E-state index contributed by atoms with van der Waals surface area (Å²) in [6, 6.07) is 5.94. The number of aromatic nitrogens is 2. The predicted octanol–water partition coefficient (Wildman–Crippen LogP) is 1.42. The Morgan fingerprint density at radius 3 is 2.74 bits per heavy atom. The lowest BCUT2D eigenvalue weighted by Crippen LogP contribution is -2.26. The molecule has 0 radical (unpaired) electrons. The van der Waals surface area contributed by atoms with Crippen LogP contribution in [0.4, 0.5) is 4.39 Å². The van der Waals surface area contributed by atoms with Gasteiger partial charge in [0.15, 0.2) is 0 Å². The number of rotatable bonds is 8. The summed E-state index contributed by atoms with van der Waals surface area (Å²) in [5.41, 5.74) is 0.810. The molecule has 0 unspecified atom stereocenters. The molecule has 0 atom stereocenters. The number of amides is 1. The van der Waals surface area contributed by atoms with Crippen molar-refractivity contribution < 1.29 is 14.3 Å². The van der Waals surface area contributed by atoms with Gasteiger partial charge in [0, 0.05) is 13.1 Å². The molecule has 1 heterocycles. The Kier molecular flexibility index (Phi) is 6.57. The minimum Gasteiger partial charge on any atom is -0.395 e. The topological polar surface area (TPSA) is 78.3 Å². The Morgan fingerprint density at radius 1 is 1.35 bits per heavy atom. The van der Waals surface area contributed by atoms with E-state index in [1.54, 1.807) is 12.1 Å². The fraction of sp³-hybridized carbons (Fsp3) is 0.400. The molecule has 0 aliphatic rings. The lowest BCUT2D eigenvalue weighted by Gasteiger charge is -2.16. The summed E-state index contributed by atoms with van der Waals surface area (Å²) in [5, 5.41) is 20.6. The van der Waals surface area contributed by atoms with Crippen LogP contribution in [0.25, 0.3) is 0 Å². The fourth-order valence-electron chi connectivity index (χ4n) is 1.95. The van der Waals surface area contributed by atoms with Gasteiger partial charge in [-0.3, -0.25) is 9.69 Å². The van der Waals surface area contributed by atoms with Gasteiger partial charge in [-0.15, -0.1) is 10.2 Å². The van der Waals surface area contributed by atoms with Gasteiger partial charge in [-0.25, -0.2) is 4.39 Å². The second-order valence-electron chi connectivity index (χ2n) is 4.90. The van der Waals surface area contributed by atoms with Crippen LogP contribution >= 0.6 is 11.3 Å². The molecule has 2 aromatic rings. The van der Waals surface area contributed by atoms with Gasteiger partial charge in [0.05, 0.1) is 13.2 Å². The van der Waals surface area contributed by atoms with Crippen molar-refractivity contribution >= 4 is 17.2 Å². The zero-order valence-corrected chi connectivity index (χ0v) is 13.6. The Bertz CT molecular complexity index is 633. The lowest BCUT2D eigenvalue weighted by atomic mass is 10.2. The molecule has 0 fully saturated rings. The molecular weight excluding hydrogens is 319 g/mol. The maximum atomic E-state index is 12.8. The average Bonchev–Trinajstić information content (AvgIpc) is 3.02. The highest BCUT2D eigenvalue weighted by Gasteiger charge is 2.14. The van der Waals surface area contributed by atoms with E-state index in [2.05, 4.69) is 15.5 Å². The maximum Gasteiger partial charge on any atom is 0.282 e. The van der Waals surface area contributed by atoms with E-state index in [4.69, 9.17) is 5.11 Å². The zero-order chi connectivity index (χ0) is 16.7. The Morgan fingerprint density at radius 2 is 2.09 bits per heavy atom. The first-order chi connectivity index (χ1) is 11.1. The Labute approximate surface area is 138 Å². The number of carbonyl (C=O) groups is 1. The molecule has 124 valence electrons. The highest BCUT2D eigenvalue weighted by molar-refractivity contribution is 7.13. The van der Waals surface area contributed by atoms with Crippen molar-refractivity contribution in [1.82, 2.24) is 20.4 Å². The third-order valence-electron chi connectivity index (χ3n) is 3.25. The van der Waals surface area contributed by atoms with Crippen molar-refractivity contribution in [2.45, 2.75) is 20.0 Å². The van der Waals surface area contributed by atoms with E-state index >= 15 is 0 Å². The molecule has 6 nitrogen and oxygen atoms in total. The van der Waals surface area contributed by atoms with Gasteiger partial charge in [0.25, 0.3) is 5.91 Å². The average molecular weight is 338 g/mol. The summed E-state index contributed by atoms with van der Waals surface area (Å²) in [6.45, 7) is 4.28. The van der Waals surface area contributed by atoms with Crippen LogP contribution in [0.1, 0.15) is 27.3 Å². The second-order valence-corrected chi connectivity index (χ2v) is 5.96. The van der Waals surface area contributed by atoms with Crippen LogP contribution in [0.2, 0.25) is 0 Å². The van der Waals surface area contributed by atoms with Gasteiger partial charge in [-0.1, -0.05) is 30.4 Å². The minimum absolute atomic E-state index is 0.0810. The lowest BCUT2D eigenvalue weighted by molar-refractivity contribution is 0.0950. The smallest absolute Gasteiger partial charge is 0.282 e. The van der Waals surface area contributed by atoms with Gasteiger partial charge in [0.2, 0.25) is 5.01 Å². The Balaban J connectivity index is 1.89. The van der Waals surface area contributed by atoms with Crippen molar-refractivity contribution in [3.05, 3.63) is 45.7 Å². The number of hydrogen-bond donors (Lipinski definition) is 2. The number of hydrogen-bond acceptors (Lipinski definition) is 6. The molecule has 1 amide bonds. The number of nitrogens with zero attached hydrogens (tertiary/aromatic N) is 3. The zero-order valence-electron chi connectivity index (χ0n) is 12.8. The van der Waals surface area contributed by atoms with Gasteiger partial charge in [-0.05, 0) is 24.2 Å². The summed E-state index contributed by atoms with van der Waals surface area (Å²) in [7, 11) is 0. The van der Waals surface area contributed by atoms with Gasteiger partial charge in [-0.2, -0.15) is 0 Å². The summed E-state index contributed by atoms with van der Waals surface area (Å²) in [6.07, 6.45) is 0. The molecule has 0 saturated heterocycles. The van der Waals surface area contributed by atoms with E-state index in [-0.39, 0.29) is 18.3 Å². The first kappa shape index (κ1) is 17.5. The highest BCUT2D eigenvalue weighted by Crippen LogP contribution is 2.12. The van der Waals surface area contributed by atoms with Gasteiger partial charge < -0.3 is 10.4 Å². The van der Waals surface area contributed by atoms with Crippen molar-refractivity contribution in [1.29, 1.82) is 0 Å². The standard InChI is InChI=1S/C15H19FN4O2S/c1-2-20(7-8-21)10-13-18-19-15(23-13)14(22)17-9-11-3-5-12(16)6-4-11/h3-6,21H,2,7-10H2,1H3,(H,17,22). The summed E-state index contributed by atoms with van der Waals surface area (Å²) >= 11 is 1.23. The normalized spacial score (nSPS) is 11.0. The first-order valence-corrected chi connectivity index (χ1v) is 8.12. The number of halogens is 1. The molecule has 0 spiro atoms. The highest BCUT2D eigenvalue weighted by atomic mass is 32.1. The molecule has 0 aliphatic heterocycles. The molecule has 1 aromatic heterocycles. The largest absolute Gasteiger partial charge is 0.395 e. The minimum atomic E-state index is -0.308. The molecule has 0 saturated carbocycles.